The van der Waals surface area contributed by atoms with Crippen LogP contribution >= 0.6 is 0 Å². The summed E-state index contributed by atoms with van der Waals surface area (Å²) in [4.78, 5) is 26.2. The highest BCUT2D eigenvalue weighted by Gasteiger charge is 2.17. The fraction of sp³-hybridized carbons (Fsp3) is 0.100. The third-order valence-corrected chi connectivity index (χ3v) is 3.56. The second kappa shape index (κ2) is 8.53. The summed E-state index contributed by atoms with van der Waals surface area (Å²) < 4.78 is 10.5. The number of carbonyl (C=O) groups is 2. The lowest BCUT2D eigenvalue weighted by Crippen LogP contribution is -2.36. The SMILES string of the molecule is O=C(CN(Cc1ccco1)C(=O)C=Cc1ccco1)Nc1ccccc1. The lowest BCUT2D eigenvalue weighted by molar-refractivity contribution is -0.131. The van der Waals surface area contributed by atoms with Crippen LogP contribution in [0.3, 0.4) is 0 Å². The molecule has 0 aliphatic rings. The number of benzene rings is 1. The van der Waals surface area contributed by atoms with Gasteiger partial charge in [0.1, 0.15) is 18.1 Å². The average molecular weight is 350 g/mol. The van der Waals surface area contributed by atoms with Crippen molar-refractivity contribution in [1.29, 1.82) is 0 Å². The summed E-state index contributed by atoms with van der Waals surface area (Å²) in [6.45, 7) is 0.0907. The van der Waals surface area contributed by atoms with Crippen molar-refractivity contribution in [3.63, 3.8) is 0 Å². The molecule has 3 rings (SSSR count). The highest BCUT2D eigenvalue weighted by Crippen LogP contribution is 2.10. The molecule has 26 heavy (non-hydrogen) atoms. The van der Waals surface area contributed by atoms with Gasteiger partial charge in [0, 0.05) is 11.8 Å². The molecule has 0 unspecified atom stereocenters. The van der Waals surface area contributed by atoms with Crippen LogP contribution in [0.1, 0.15) is 11.5 Å². The van der Waals surface area contributed by atoms with Gasteiger partial charge in [0.05, 0.1) is 19.1 Å². The lowest BCUT2D eigenvalue weighted by Gasteiger charge is -2.19. The Hall–Kier alpha value is -3.54. The van der Waals surface area contributed by atoms with Crippen molar-refractivity contribution >= 4 is 23.6 Å². The first-order valence-corrected chi connectivity index (χ1v) is 8.08. The minimum Gasteiger partial charge on any atom is -0.467 e. The molecule has 0 fully saturated rings. The number of hydrogen-bond donors (Lipinski definition) is 1. The molecule has 2 amide bonds. The Morgan fingerprint density at radius 2 is 1.73 bits per heavy atom. The zero-order valence-electron chi connectivity index (χ0n) is 14.0. The molecule has 2 aromatic heterocycles. The summed E-state index contributed by atoms with van der Waals surface area (Å²) in [7, 11) is 0. The van der Waals surface area contributed by atoms with Crippen molar-refractivity contribution in [2.24, 2.45) is 0 Å². The van der Waals surface area contributed by atoms with E-state index in [1.54, 1.807) is 42.5 Å². The normalized spacial score (nSPS) is 10.8. The van der Waals surface area contributed by atoms with Crippen LogP contribution < -0.4 is 5.32 Å². The van der Waals surface area contributed by atoms with E-state index in [4.69, 9.17) is 8.83 Å². The number of nitrogens with zero attached hydrogens (tertiary/aromatic N) is 1. The van der Waals surface area contributed by atoms with Crippen LogP contribution in [0.2, 0.25) is 0 Å². The maximum atomic E-state index is 12.5. The lowest BCUT2D eigenvalue weighted by atomic mass is 10.3. The molecule has 1 aromatic carbocycles. The van der Waals surface area contributed by atoms with E-state index in [-0.39, 0.29) is 24.9 Å². The summed E-state index contributed by atoms with van der Waals surface area (Å²) in [5.41, 5.74) is 0.675. The Labute approximate surface area is 150 Å². The summed E-state index contributed by atoms with van der Waals surface area (Å²) >= 11 is 0. The van der Waals surface area contributed by atoms with Gasteiger partial charge in [-0.1, -0.05) is 18.2 Å². The first kappa shape index (κ1) is 17.3. The van der Waals surface area contributed by atoms with Crippen LogP contribution in [0.25, 0.3) is 6.08 Å². The largest absolute Gasteiger partial charge is 0.467 e. The monoisotopic (exact) mass is 350 g/mol. The standard InChI is InChI=1S/C20H18N2O4/c23-19(21-16-6-2-1-3-7-16)15-22(14-18-9-5-13-26-18)20(24)11-10-17-8-4-12-25-17/h1-13H,14-15H2,(H,21,23). The van der Waals surface area contributed by atoms with E-state index in [9.17, 15) is 9.59 Å². The Bertz CT molecular complexity index is 853. The smallest absolute Gasteiger partial charge is 0.247 e. The van der Waals surface area contributed by atoms with E-state index in [1.165, 1.54) is 23.5 Å². The highest BCUT2D eigenvalue weighted by atomic mass is 16.3. The van der Waals surface area contributed by atoms with Gasteiger partial charge in [-0.05, 0) is 42.5 Å². The van der Waals surface area contributed by atoms with Crippen molar-refractivity contribution in [2.75, 3.05) is 11.9 Å². The van der Waals surface area contributed by atoms with Gasteiger partial charge in [-0.25, -0.2) is 0 Å². The fourth-order valence-corrected chi connectivity index (χ4v) is 2.34. The number of furan rings is 2. The number of anilines is 1. The minimum absolute atomic E-state index is 0.100. The van der Waals surface area contributed by atoms with E-state index >= 15 is 0 Å². The Kier molecular flexibility index (Phi) is 5.67. The fourth-order valence-electron chi connectivity index (χ4n) is 2.34. The Morgan fingerprint density at radius 1 is 0.962 bits per heavy atom. The molecule has 0 saturated carbocycles. The molecule has 0 radical (unpaired) electrons. The molecule has 6 heteroatoms. The zero-order chi connectivity index (χ0) is 18.2. The van der Waals surface area contributed by atoms with Crippen molar-refractivity contribution in [3.05, 3.63) is 84.7 Å². The Morgan fingerprint density at radius 3 is 2.42 bits per heavy atom. The summed E-state index contributed by atoms with van der Waals surface area (Å²) in [5, 5.41) is 2.77. The first-order chi connectivity index (χ1) is 12.7. The summed E-state index contributed by atoms with van der Waals surface area (Å²) in [6.07, 6.45) is 5.99. The predicted molar refractivity (Wildman–Crippen MR) is 96.9 cm³/mol. The van der Waals surface area contributed by atoms with Crippen molar-refractivity contribution in [1.82, 2.24) is 4.90 Å². The second-order valence-corrected chi connectivity index (χ2v) is 5.54. The van der Waals surface area contributed by atoms with Gasteiger partial charge < -0.3 is 19.1 Å². The van der Waals surface area contributed by atoms with Gasteiger partial charge in [0.2, 0.25) is 11.8 Å². The third kappa shape index (κ3) is 4.98. The van der Waals surface area contributed by atoms with E-state index in [0.29, 0.717) is 17.2 Å². The predicted octanol–water partition coefficient (Wildman–Crippen LogP) is 3.55. The zero-order valence-corrected chi connectivity index (χ0v) is 14.0. The maximum Gasteiger partial charge on any atom is 0.247 e. The number of hydrogen-bond acceptors (Lipinski definition) is 4. The van der Waals surface area contributed by atoms with E-state index in [0.717, 1.165) is 0 Å². The van der Waals surface area contributed by atoms with Crippen molar-refractivity contribution < 1.29 is 18.4 Å². The molecule has 3 aromatic rings. The van der Waals surface area contributed by atoms with Gasteiger partial charge in [-0.2, -0.15) is 0 Å². The van der Waals surface area contributed by atoms with Gasteiger partial charge in [-0.15, -0.1) is 0 Å². The molecule has 6 nitrogen and oxygen atoms in total. The topological polar surface area (TPSA) is 75.7 Å². The van der Waals surface area contributed by atoms with Gasteiger partial charge in [0.15, 0.2) is 0 Å². The maximum absolute atomic E-state index is 12.5. The minimum atomic E-state index is -0.319. The van der Waals surface area contributed by atoms with Crippen LogP contribution in [0.4, 0.5) is 5.69 Å². The van der Waals surface area contributed by atoms with Gasteiger partial charge in [-0.3, -0.25) is 9.59 Å². The number of nitrogens with one attached hydrogen (secondary N) is 1. The quantitative estimate of drug-likeness (QED) is 0.661. The van der Waals surface area contributed by atoms with Gasteiger partial charge in [0.25, 0.3) is 0 Å². The second-order valence-electron chi connectivity index (χ2n) is 5.54. The van der Waals surface area contributed by atoms with E-state index < -0.39 is 0 Å². The molecule has 0 bridgehead atoms. The molecule has 1 N–H and O–H groups in total. The first-order valence-electron chi connectivity index (χ1n) is 8.08. The summed E-state index contributed by atoms with van der Waals surface area (Å²) in [5.74, 6) is 0.547. The Balaban J connectivity index is 1.68. The van der Waals surface area contributed by atoms with Crippen LogP contribution in [-0.2, 0) is 16.1 Å². The van der Waals surface area contributed by atoms with Crippen LogP contribution in [0, 0.1) is 0 Å². The number of rotatable bonds is 7. The highest BCUT2D eigenvalue weighted by molar-refractivity contribution is 5.97. The van der Waals surface area contributed by atoms with Crippen molar-refractivity contribution in [2.45, 2.75) is 6.54 Å². The van der Waals surface area contributed by atoms with E-state index in [2.05, 4.69) is 5.32 Å². The third-order valence-electron chi connectivity index (χ3n) is 3.56. The number of carbonyl (C=O) groups excluding carboxylic acids is 2. The van der Waals surface area contributed by atoms with Crippen LogP contribution in [0.5, 0.6) is 0 Å². The van der Waals surface area contributed by atoms with Crippen molar-refractivity contribution in [3.8, 4) is 0 Å². The molecular formula is C20H18N2O4. The molecule has 0 aliphatic heterocycles. The molecule has 0 saturated heterocycles. The average Bonchev–Trinajstić information content (AvgIpc) is 3.34. The van der Waals surface area contributed by atoms with E-state index in [1.807, 2.05) is 18.2 Å². The van der Waals surface area contributed by atoms with Crippen LogP contribution in [0.15, 0.2) is 82.0 Å². The molecule has 0 atom stereocenters. The summed E-state index contributed by atoms with van der Waals surface area (Å²) in [6, 6.07) is 16.1. The van der Waals surface area contributed by atoms with Gasteiger partial charge >= 0.3 is 0 Å². The number of para-hydroxylation sites is 1. The molecule has 0 aliphatic carbocycles. The molecule has 132 valence electrons. The molecule has 0 spiro atoms. The van der Waals surface area contributed by atoms with Crippen LogP contribution in [-0.4, -0.2) is 23.3 Å². The number of amides is 2. The molecule has 2 heterocycles. The molecular weight excluding hydrogens is 332 g/mol.